The summed E-state index contributed by atoms with van der Waals surface area (Å²) in [6.45, 7) is 6.42. The lowest BCUT2D eigenvalue weighted by Crippen LogP contribution is -2.34. The fourth-order valence-corrected chi connectivity index (χ4v) is 1.83. The Kier molecular flexibility index (Phi) is 7.38. The molecule has 0 aromatic heterocycles. The molecule has 0 heterocycles. The first-order valence-corrected chi connectivity index (χ1v) is 6.76. The summed E-state index contributed by atoms with van der Waals surface area (Å²) in [6, 6.07) is 10.3. The van der Waals surface area contributed by atoms with E-state index in [-0.39, 0.29) is 12.1 Å². The van der Waals surface area contributed by atoms with E-state index in [0.717, 1.165) is 19.3 Å². The van der Waals surface area contributed by atoms with Gasteiger partial charge in [-0.15, -0.1) is 6.58 Å². The molecule has 0 aliphatic rings. The minimum Gasteiger partial charge on any atom is -0.372 e. The molecule has 0 radical (unpaired) electrons. The predicted octanol–water partition coefficient (Wildman–Crippen LogP) is 3.67. The van der Waals surface area contributed by atoms with E-state index >= 15 is 0 Å². The third-order valence-electron chi connectivity index (χ3n) is 3.15. The summed E-state index contributed by atoms with van der Waals surface area (Å²) in [6.07, 6.45) is 6.47. The molecule has 1 aromatic rings. The van der Waals surface area contributed by atoms with Crippen molar-refractivity contribution in [1.29, 1.82) is 0 Å². The van der Waals surface area contributed by atoms with Crippen LogP contribution in [0, 0.1) is 0 Å². The van der Waals surface area contributed by atoms with E-state index in [2.05, 4.69) is 25.6 Å². The topological polar surface area (TPSA) is 35.2 Å². The Balaban J connectivity index is 2.19. The van der Waals surface area contributed by atoms with Gasteiger partial charge in [0.2, 0.25) is 0 Å². The first kappa shape index (κ1) is 14.9. The molecule has 0 amide bonds. The van der Waals surface area contributed by atoms with Crippen LogP contribution in [-0.4, -0.2) is 12.1 Å². The molecular weight excluding hydrogens is 222 g/mol. The van der Waals surface area contributed by atoms with Crippen molar-refractivity contribution in [2.24, 2.45) is 5.73 Å². The molecule has 0 saturated carbocycles. The Morgan fingerprint density at radius 3 is 2.67 bits per heavy atom. The Labute approximate surface area is 111 Å². The van der Waals surface area contributed by atoms with Gasteiger partial charge >= 0.3 is 0 Å². The van der Waals surface area contributed by atoms with Crippen LogP contribution >= 0.6 is 0 Å². The van der Waals surface area contributed by atoms with Crippen molar-refractivity contribution in [3.63, 3.8) is 0 Å². The predicted molar refractivity (Wildman–Crippen MR) is 77.3 cm³/mol. The van der Waals surface area contributed by atoms with Crippen molar-refractivity contribution in [3.05, 3.63) is 48.6 Å². The van der Waals surface area contributed by atoms with Gasteiger partial charge in [-0.3, -0.25) is 0 Å². The van der Waals surface area contributed by atoms with E-state index in [1.54, 1.807) is 0 Å². The smallest absolute Gasteiger partial charge is 0.0721 e. The second-order valence-electron chi connectivity index (χ2n) is 4.74. The zero-order valence-electron chi connectivity index (χ0n) is 11.3. The lowest BCUT2D eigenvalue weighted by Gasteiger charge is -2.20. The van der Waals surface area contributed by atoms with Gasteiger partial charge in [0, 0.05) is 6.04 Å². The average Bonchev–Trinajstić information content (AvgIpc) is 2.42. The van der Waals surface area contributed by atoms with E-state index < -0.39 is 0 Å². The minimum absolute atomic E-state index is 0.105. The molecule has 18 heavy (non-hydrogen) atoms. The summed E-state index contributed by atoms with van der Waals surface area (Å²) < 4.78 is 5.80. The maximum Gasteiger partial charge on any atom is 0.0721 e. The fourth-order valence-electron chi connectivity index (χ4n) is 1.83. The monoisotopic (exact) mass is 247 g/mol. The quantitative estimate of drug-likeness (QED) is 0.534. The molecule has 0 spiro atoms. The van der Waals surface area contributed by atoms with Crippen LogP contribution in [-0.2, 0) is 11.3 Å². The summed E-state index contributed by atoms with van der Waals surface area (Å²) in [5.74, 6) is 0. The van der Waals surface area contributed by atoms with Crippen molar-refractivity contribution in [2.75, 3.05) is 0 Å². The molecule has 2 atom stereocenters. The van der Waals surface area contributed by atoms with Crippen LogP contribution in [0.4, 0.5) is 0 Å². The summed E-state index contributed by atoms with van der Waals surface area (Å²) in [7, 11) is 0. The van der Waals surface area contributed by atoms with Gasteiger partial charge in [-0.05, 0) is 31.7 Å². The number of benzene rings is 1. The van der Waals surface area contributed by atoms with Crippen molar-refractivity contribution in [3.8, 4) is 0 Å². The summed E-state index contributed by atoms with van der Waals surface area (Å²) >= 11 is 0. The van der Waals surface area contributed by atoms with Gasteiger partial charge in [0.25, 0.3) is 0 Å². The Morgan fingerprint density at radius 1 is 1.28 bits per heavy atom. The van der Waals surface area contributed by atoms with Gasteiger partial charge in [-0.1, -0.05) is 42.8 Å². The van der Waals surface area contributed by atoms with E-state index in [9.17, 15) is 0 Å². The lowest BCUT2D eigenvalue weighted by atomic mass is 10.0. The van der Waals surface area contributed by atoms with Crippen molar-refractivity contribution >= 4 is 0 Å². The highest BCUT2D eigenvalue weighted by atomic mass is 16.5. The maximum absolute atomic E-state index is 6.11. The van der Waals surface area contributed by atoms with Crippen molar-refractivity contribution in [2.45, 2.75) is 51.4 Å². The lowest BCUT2D eigenvalue weighted by molar-refractivity contribution is 0.0337. The SMILES string of the molecule is C=CCCCC[C@@H](N)[C@H](C)OCc1ccccc1. The number of ether oxygens (including phenoxy) is 1. The number of nitrogens with two attached hydrogens (primary N) is 1. The van der Waals surface area contributed by atoms with Crippen LogP contribution in [0.15, 0.2) is 43.0 Å². The molecule has 1 rings (SSSR count). The molecule has 1 aromatic carbocycles. The standard InChI is InChI=1S/C16H25NO/c1-3-4-5-9-12-16(17)14(2)18-13-15-10-7-6-8-11-15/h3,6-8,10-11,14,16H,1,4-5,9,12-13,17H2,2H3/t14-,16+/m0/s1. The molecular formula is C16H25NO. The molecule has 100 valence electrons. The molecule has 0 aliphatic carbocycles. The van der Waals surface area contributed by atoms with Gasteiger partial charge in [0.15, 0.2) is 0 Å². The second kappa shape index (κ2) is 8.90. The molecule has 2 heteroatoms. The highest BCUT2D eigenvalue weighted by Crippen LogP contribution is 2.10. The average molecular weight is 247 g/mol. The molecule has 2 nitrogen and oxygen atoms in total. The number of hydrogen-bond acceptors (Lipinski definition) is 2. The Morgan fingerprint density at radius 2 is 2.00 bits per heavy atom. The first-order valence-electron chi connectivity index (χ1n) is 6.76. The summed E-state index contributed by atoms with van der Waals surface area (Å²) in [4.78, 5) is 0. The zero-order chi connectivity index (χ0) is 13.2. The van der Waals surface area contributed by atoms with E-state index in [0.29, 0.717) is 6.61 Å². The van der Waals surface area contributed by atoms with Crippen LogP contribution in [0.1, 0.15) is 38.2 Å². The minimum atomic E-state index is 0.105. The van der Waals surface area contributed by atoms with Gasteiger partial charge in [0.1, 0.15) is 0 Å². The van der Waals surface area contributed by atoms with Gasteiger partial charge in [-0.2, -0.15) is 0 Å². The maximum atomic E-state index is 6.11. The third kappa shape index (κ3) is 5.99. The first-order chi connectivity index (χ1) is 8.74. The molecule has 2 N–H and O–H groups in total. The molecule has 0 fully saturated rings. The number of unbranched alkanes of at least 4 members (excludes halogenated alkanes) is 2. The van der Waals surface area contributed by atoms with Crippen LogP contribution in [0.5, 0.6) is 0 Å². The van der Waals surface area contributed by atoms with Crippen molar-refractivity contribution in [1.82, 2.24) is 0 Å². The molecule has 0 saturated heterocycles. The Bertz CT molecular complexity index is 323. The van der Waals surface area contributed by atoms with Gasteiger partial charge < -0.3 is 10.5 Å². The van der Waals surface area contributed by atoms with Gasteiger partial charge in [-0.25, -0.2) is 0 Å². The molecule has 0 unspecified atom stereocenters. The van der Waals surface area contributed by atoms with Crippen LogP contribution in [0.3, 0.4) is 0 Å². The number of rotatable bonds is 9. The number of hydrogen-bond donors (Lipinski definition) is 1. The second-order valence-corrected chi connectivity index (χ2v) is 4.74. The highest BCUT2D eigenvalue weighted by Gasteiger charge is 2.12. The molecule has 0 bridgehead atoms. The third-order valence-corrected chi connectivity index (χ3v) is 3.15. The fraction of sp³-hybridized carbons (Fsp3) is 0.500. The summed E-state index contributed by atoms with van der Waals surface area (Å²) in [5.41, 5.74) is 7.31. The van der Waals surface area contributed by atoms with E-state index in [1.807, 2.05) is 24.3 Å². The van der Waals surface area contributed by atoms with Crippen molar-refractivity contribution < 1.29 is 4.74 Å². The van der Waals surface area contributed by atoms with E-state index in [4.69, 9.17) is 10.5 Å². The van der Waals surface area contributed by atoms with Crippen LogP contribution in [0.25, 0.3) is 0 Å². The van der Waals surface area contributed by atoms with Crippen LogP contribution in [0.2, 0.25) is 0 Å². The largest absolute Gasteiger partial charge is 0.372 e. The highest BCUT2D eigenvalue weighted by molar-refractivity contribution is 5.13. The summed E-state index contributed by atoms with van der Waals surface area (Å²) in [5, 5.41) is 0. The van der Waals surface area contributed by atoms with E-state index in [1.165, 1.54) is 12.0 Å². The van der Waals surface area contributed by atoms with Crippen LogP contribution < -0.4 is 5.73 Å². The zero-order valence-corrected chi connectivity index (χ0v) is 11.3. The number of allylic oxidation sites excluding steroid dienone is 1. The molecule has 0 aliphatic heterocycles. The van der Waals surface area contributed by atoms with Gasteiger partial charge in [0.05, 0.1) is 12.7 Å². The Hall–Kier alpha value is -1.12. The normalized spacial score (nSPS) is 14.1.